The maximum atomic E-state index is 5.49. The first-order chi connectivity index (χ1) is 10.3. The van der Waals surface area contributed by atoms with E-state index in [1.807, 2.05) is 18.2 Å². The predicted molar refractivity (Wildman–Crippen MR) is 83.9 cm³/mol. The smallest absolute Gasteiger partial charge is 0.239 e. The zero-order valence-corrected chi connectivity index (χ0v) is 11.9. The maximum Gasteiger partial charge on any atom is 0.239 e. The fourth-order valence-corrected chi connectivity index (χ4v) is 3.56. The van der Waals surface area contributed by atoms with Gasteiger partial charge in [-0.05, 0) is 44.0 Å². The first kappa shape index (κ1) is 12.8. The second kappa shape index (κ2) is 5.13. The third kappa shape index (κ3) is 2.30. The van der Waals surface area contributed by atoms with Crippen LogP contribution in [-0.2, 0) is 0 Å². The van der Waals surface area contributed by atoms with Crippen LogP contribution in [0.1, 0.15) is 12.8 Å². The quantitative estimate of drug-likeness (QED) is 0.584. The topological polar surface area (TPSA) is 79.1 Å². The molecule has 1 aromatic heterocycles. The van der Waals surface area contributed by atoms with Gasteiger partial charge in [0.05, 0.1) is 5.52 Å². The molecule has 4 N–H and O–H groups in total. The Morgan fingerprint density at radius 1 is 1.14 bits per heavy atom. The fraction of sp³-hybridized carbons (Fsp3) is 0.467. The van der Waals surface area contributed by atoms with Crippen LogP contribution in [0.15, 0.2) is 24.3 Å². The Bertz CT molecular complexity index is 650. The monoisotopic (exact) mass is 284 g/mol. The summed E-state index contributed by atoms with van der Waals surface area (Å²) in [5.74, 6) is 7.58. The minimum absolute atomic E-state index is 0.456. The number of para-hydroxylation sites is 1. The number of nitrogens with zero attached hydrogens (tertiary/aromatic N) is 3. The molecule has 1 aromatic carbocycles. The first-order valence-electron chi connectivity index (χ1n) is 7.56. The normalized spacial score (nSPS) is 27.8. The molecule has 6 nitrogen and oxygen atoms in total. The average molecular weight is 284 g/mol. The second-order valence-electron chi connectivity index (χ2n) is 5.95. The molecule has 2 bridgehead atoms. The van der Waals surface area contributed by atoms with Crippen LogP contribution in [0.2, 0.25) is 0 Å². The number of hydrogen-bond acceptors (Lipinski definition) is 6. The van der Waals surface area contributed by atoms with Gasteiger partial charge >= 0.3 is 0 Å². The Kier molecular flexibility index (Phi) is 3.12. The van der Waals surface area contributed by atoms with Gasteiger partial charge in [-0.3, -0.25) is 5.43 Å². The highest BCUT2D eigenvalue weighted by molar-refractivity contribution is 5.90. The number of hydrazine groups is 1. The Morgan fingerprint density at radius 3 is 2.67 bits per heavy atom. The number of rotatable bonds is 3. The zero-order chi connectivity index (χ0) is 14.2. The number of nitrogen functional groups attached to an aromatic ring is 1. The third-order valence-electron chi connectivity index (χ3n) is 4.71. The molecule has 0 radical (unpaired) electrons. The molecule has 0 saturated carbocycles. The van der Waals surface area contributed by atoms with Crippen molar-refractivity contribution in [3.05, 3.63) is 24.3 Å². The van der Waals surface area contributed by atoms with Crippen LogP contribution in [0.4, 0.5) is 11.8 Å². The standard InChI is InChI=1S/C15H20N6/c16-20-15-18-12-4-2-1-3-11(12)14(19-15)17-13-9-21-7-5-10(13)6-8-21/h1-4,10,13H,5-9,16H2,(H2,17,18,19,20). The van der Waals surface area contributed by atoms with E-state index in [0.717, 1.165) is 29.2 Å². The summed E-state index contributed by atoms with van der Waals surface area (Å²) in [5, 5.41) is 4.69. The van der Waals surface area contributed by atoms with Gasteiger partial charge in [-0.15, -0.1) is 0 Å². The van der Waals surface area contributed by atoms with Gasteiger partial charge in [-0.25, -0.2) is 10.8 Å². The summed E-state index contributed by atoms with van der Waals surface area (Å²) in [6, 6.07) is 8.51. The van der Waals surface area contributed by atoms with Crippen molar-refractivity contribution in [1.82, 2.24) is 14.9 Å². The van der Waals surface area contributed by atoms with E-state index < -0.39 is 0 Å². The minimum Gasteiger partial charge on any atom is -0.365 e. The van der Waals surface area contributed by atoms with Crippen molar-refractivity contribution >= 4 is 22.7 Å². The van der Waals surface area contributed by atoms with E-state index in [1.165, 1.54) is 25.9 Å². The SMILES string of the molecule is NNc1nc(NC2CN3CCC2CC3)c2ccccc2n1. The molecular formula is C15H20N6. The van der Waals surface area contributed by atoms with Crippen LogP contribution in [0.25, 0.3) is 10.9 Å². The van der Waals surface area contributed by atoms with Gasteiger partial charge in [-0.2, -0.15) is 4.98 Å². The lowest BCUT2D eigenvalue weighted by molar-refractivity contribution is 0.0974. The number of nitrogens with one attached hydrogen (secondary N) is 2. The summed E-state index contributed by atoms with van der Waals surface area (Å²) >= 11 is 0. The molecule has 110 valence electrons. The summed E-state index contributed by atoms with van der Waals surface area (Å²) in [6.45, 7) is 3.58. The van der Waals surface area contributed by atoms with Crippen LogP contribution in [-0.4, -0.2) is 40.5 Å². The molecule has 2 aromatic rings. The van der Waals surface area contributed by atoms with E-state index in [1.54, 1.807) is 0 Å². The van der Waals surface area contributed by atoms with Gasteiger partial charge < -0.3 is 10.2 Å². The number of benzene rings is 1. The van der Waals surface area contributed by atoms with Crippen molar-refractivity contribution in [3.63, 3.8) is 0 Å². The van der Waals surface area contributed by atoms with Crippen LogP contribution in [0, 0.1) is 5.92 Å². The molecule has 0 amide bonds. The number of aromatic nitrogens is 2. The van der Waals surface area contributed by atoms with E-state index in [-0.39, 0.29) is 0 Å². The highest BCUT2D eigenvalue weighted by Gasteiger charge is 2.34. The molecule has 3 aliphatic heterocycles. The first-order valence-corrected chi connectivity index (χ1v) is 7.56. The average Bonchev–Trinajstić information content (AvgIpc) is 2.56. The summed E-state index contributed by atoms with van der Waals surface area (Å²) in [4.78, 5) is 11.4. The van der Waals surface area contributed by atoms with Gasteiger partial charge in [0.1, 0.15) is 5.82 Å². The number of hydrogen-bond donors (Lipinski definition) is 3. The van der Waals surface area contributed by atoms with Crippen molar-refractivity contribution < 1.29 is 0 Å². The Hall–Kier alpha value is -1.92. The molecule has 3 fully saturated rings. The zero-order valence-electron chi connectivity index (χ0n) is 11.9. The molecule has 5 rings (SSSR count). The largest absolute Gasteiger partial charge is 0.365 e. The van der Waals surface area contributed by atoms with Crippen LogP contribution < -0.4 is 16.6 Å². The van der Waals surface area contributed by atoms with Crippen LogP contribution in [0.3, 0.4) is 0 Å². The minimum atomic E-state index is 0.456. The van der Waals surface area contributed by atoms with Gasteiger partial charge in [0, 0.05) is 18.0 Å². The molecular weight excluding hydrogens is 264 g/mol. The lowest BCUT2D eigenvalue weighted by Gasteiger charge is -2.45. The van der Waals surface area contributed by atoms with Gasteiger partial charge in [0.15, 0.2) is 0 Å². The highest BCUT2D eigenvalue weighted by atomic mass is 15.3. The van der Waals surface area contributed by atoms with Gasteiger partial charge in [0.25, 0.3) is 0 Å². The summed E-state index contributed by atoms with van der Waals surface area (Å²) in [7, 11) is 0. The molecule has 6 heteroatoms. The Morgan fingerprint density at radius 2 is 1.95 bits per heavy atom. The number of nitrogens with two attached hydrogens (primary N) is 1. The van der Waals surface area contributed by atoms with Crippen molar-refractivity contribution in [3.8, 4) is 0 Å². The van der Waals surface area contributed by atoms with Crippen molar-refractivity contribution in [2.75, 3.05) is 30.4 Å². The second-order valence-corrected chi connectivity index (χ2v) is 5.95. The predicted octanol–water partition coefficient (Wildman–Crippen LogP) is 1.42. The van der Waals surface area contributed by atoms with E-state index in [0.29, 0.717) is 12.0 Å². The molecule has 3 saturated heterocycles. The van der Waals surface area contributed by atoms with Crippen molar-refractivity contribution in [2.24, 2.45) is 11.8 Å². The van der Waals surface area contributed by atoms with Crippen LogP contribution in [0.5, 0.6) is 0 Å². The van der Waals surface area contributed by atoms with Gasteiger partial charge in [0.2, 0.25) is 5.95 Å². The lowest BCUT2D eigenvalue weighted by Crippen LogP contribution is -2.53. The molecule has 4 heterocycles. The third-order valence-corrected chi connectivity index (χ3v) is 4.71. The number of piperidine rings is 3. The molecule has 1 unspecified atom stereocenters. The molecule has 3 aliphatic rings. The molecule has 1 atom stereocenters. The summed E-state index contributed by atoms with van der Waals surface area (Å²) in [5.41, 5.74) is 3.46. The van der Waals surface area contributed by atoms with Crippen molar-refractivity contribution in [1.29, 1.82) is 0 Å². The summed E-state index contributed by atoms with van der Waals surface area (Å²) < 4.78 is 0. The summed E-state index contributed by atoms with van der Waals surface area (Å²) in [6.07, 6.45) is 2.56. The van der Waals surface area contributed by atoms with E-state index in [9.17, 15) is 0 Å². The van der Waals surface area contributed by atoms with Gasteiger partial charge in [-0.1, -0.05) is 12.1 Å². The molecule has 0 aliphatic carbocycles. The van der Waals surface area contributed by atoms with E-state index >= 15 is 0 Å². The lowest BCUT2D eigenvalue weighted by atomic mass is 9.84. The maximum absolute atomic E-state index is 5.49. The van der Waals surface area contributed by atoms with E-state index in [2.05, 4.69) is 31.7 Å². The molecule has 0 spiro atoms. The fourth-order valence-electron chi connectivity index (χ4n) is 3.56. The Labute approximate surface area is 123 Å². The molecule has 21 heavy (non-hydrogen) atoms. The highest BCUT2D eigenvalue weighted by Crippen LogP contribution is 2.31. The Balaban J connectivity index is 1.69. The van der Waals surface area contributed by atoms with E-state index in [4.69, 9.17) is 5.84 Å². The van der Waals surface area contributed by atoms with Crippen molar-refractivity contribution in [2.45, 2.75) is 18.9 Å². The number of fused-ring (bicyclic) bond motifs is 4. The van der Waals surface area contributed by atoms with Crippen LogP contribution >= 0.6 is 0 Å². The number of anilines is 2.